The molecule has 2 rings (SSSR count). The molecular weight excluding hydrogens is 200 g/mol. The third-order valence-electron chi connectivity index (χ3n) is 2.10. The first-order valence-corrected chi connectivity index (χ1v) is 4.46. The Kier molecular flexibility index (Phi) is 2.51. The first-order valence-electron chi connectivity index (χ1n) is 4.46. The molecule has 0 saturated carbocycles. The van der Waals surface area contributed by atoms with Crippen molar-refractivity contribution in [2.24, 2.45) is 5.73 Å². The van der Waals surface area contributed by atoms with Crippen molar-refractivity contribution < 1.29 is 13.2 Å². The van der Waals surface area contributed by atoms with Gasteiger partial charge in [0, 0.05) is 12.6 Å². The van der Waals surface area contributed by atoms with Crippen molar-refractivity contribution in [1.29, 1.82) is 0 Å². The van der Waals surface area contributed by atoms with Gasteiger partial charge in [-0.05, 0) is 6.07 Å². The van der Waals surface area contributed by atoms with Crippen molar-refractivity contribution in [3.63, 3.8) is 0 Å². The van der Waals surface area contributed by atoms with E-state index < -0.39 is 11.6 Å². The van der Waals surface area contributed by atoms with Gasteiger partial charge in [0.1, 0.15) is 17.2 Å². The van der Waals surface area contributed by atoms with Crippen LogP contribution in [0.1, 0.15) is 5.56 Å². The maximum absolute atomic E-state index is 13.4. The summed E-state index contributed by atoms with van der Waals surface area (Å²) < 4.78 is 31.7. The molecule has 1 aromatic heterocycles. The van der Waals surface area contributed by atoms with Crippen molar-refractivity contribution in [1.82, 2.24) is 0 Å². The maximum Gasteiger partial charge on any atom is 0.146 e. The molecule has 0 atom stereocenters. The van der Waals surface area contributed by atoms with E-state index >= 15 is 0 Å². The summed E-state index contributed by atoms with van der Waals surface area (Å²) in [5.41, 5.74) is 5.69. The standard InChI is InChI=1S/C11H9F2NO/c12-9-6-10(13)8-3-5-15-11(8)7(9)2-1-4-14/h1-3,5-6H,4,14H2/b2-1+. The first-order chi connectivity index (χ1) is 7.24. The fourth-order valence-electron chi connectivity index (χ4n) is 1.42. The molecule has 2 aromatic rings. The zero-order valence-electron chi connectivity index (χ0n) is 7.84. The quantitative estimate of drug-likeness (QED) is 0.825. The highest BCUT2D eigenvalue weighted by Crippen LogP contribution is 2.26. The summed E-state index contributed by atoms with van der Waals surface area (Å²) in [6.45, 7) is 0.291. The van der Waals surface area contributed by atoms with Crippen molar-refractivity contribution >= 4 is 17.0 Å². The molecule has 2 nitrogen and oxygen atoms in total. The Morgan fingerprint density at radius 1 is 1.33 bits per heavy atom. The Balaban J connectivity index is 2.71. The summed E-state index contributed by atoms with van der Waals surface area (Å²) in [4.78, 5) is 0. The van der Waals surface area contributed by atoms with Crippen LogP contribution in [0, 0.1) is 11.6 Å². The zero-order chi connectivity index (χ0) is 10.8. The zero-order valence-corrected chi connectivity index (χ0v) is 7.84. The highest BCUT2D eigenvalue weighted by atomic mass is 19.1. The van der Waals surface area contributed by atoms with Gasteiger partial charge in [0.2, 0.25) is 0 Å². The summed E-state index contributed by atoms with van der Waals surface area (Å²) in [5.74, 6) is -1.28. The largest absolute Gasteiger partial charge is 0.463 e. The van der Waals surface area contributed by atoms with E-state index in [-0.39, 0.29) is 16.5 Å². The summed E-state index contributed by atoms with van der Waals surface area (Å²) in [6.07, 6.45) is 4.39. The first kappa shape index (κ1) is 9.86. The number of fused-ring (bicyclic) bond motifs is 1. The molecule has 0 aliphatic heterocycles. The van der Waals surface area contributed by atoms with Gasteiger partial charge in [-0.2, -0.15) is 0 Å². The highest BCUT2D eigenvalue weighted by Gasteiger charge is 2.12. The van der Waals surface area contributed by atoms with Gasteiger partial charge in [-0.1, -0.05) is 12.2 Å². The Bertz CT molecular complexity index is 517. The SMILES string of the molecule is NC/C=C/c1c(F)cc(F)c2ccoc12. The third kappa shape index (κ3) is 1.64. The topological polar surface area (TPSA) is 39.2 Å². The van der Waals surface area contributed by atoms with E-state index in [0.29, 0.717) is 6.54 Å². The van der Waals surface area contributed by atoms with Gasteiger partial charge >= 0.3 is 0 Å². The second-order valence-corrected chi connectivity index (χ2v) is 3.06. The average Bonchev–Trinajstić information content (AvgIpc) is 2.66. The van der Waals surface area contributed by atoms with Gasteiger partial charge in [0.15, 0.2) is 0 Å². The lowest BCUT2D eigenvalue weighted by Crippen LogP contribution is -1.93. The monoisotopic (exact) mass is 209 g/mol. The Labute approximate surface area is 85.0 Å². The summed E-state index contributed by atoms with van der Waals surface area (Å²) in [5, 5.41) is 0.271. The molecule has 0 fully saturated rings. The fourth-order valence-corrected chi connectivity index (χ4v) is 1.42. The van der Waals surface area contributed by atoms with E-state index in [1.54, 1.807) is 6.08 Å². The van der Waals surface area contributed by atoms with Crippen molar-refractivity contribution in [3.05, 3.63) is 41.7 Å². The van der Waals surface area contributed by atoms with Crippen LogP contribution in [0.4, 0.5) is 8.78 Å². The normalized spacial score (nSPS) is 11.7. The molecule has 0 saturated heterocycles. The average molecular weight is 209 g/mol. The molecule has 78 valence electrons. The van der Waals surface area contributed by atoms with E-state index in [9.17, 15) is 8.78 Å². The summed E-state index contributed by atoms with van der Waals surface area (Å²) in [7, 11) is 0. The number of nitrogens with two attached hydrogens (primary N) is 1. The lowest BCUT2D eigenvalue weighted by molar-refractivity contribution is 0.575. The van der Waals surface area contributed by atoms with Gasteiger partial charge < -0.3 is 10.2 Å². The Morgan fingerprint density at radius 2 is 2.13 bits per heavy atom. The number of furan rings is 1. The van der Waals surface area contributed by atoms with Gasteiger partial charge in [-0.3, -0.25) is 0 Å². The molecule has 0 aliphatic carbocycles. The molecule has 0 radical (unpaired) electrons. The second-order valence-electron chi connectivity index (χ2n) is 3.06. The van der Waals surface area contributed by atoms with Crippen LogP contribution in [-0.2, 0) is 0 Å². The molecule has 0 bridgehead atoms. The van der Waals surface area contributed by atoms with Gasteiger partial charge in [-0.15, -0.1) is 0 Å². The van der Waals surface area contributed by atoms with Crippen molar-refractivity contribution in [3.8, 4) is 0 Å². The Morgan fingerprint density at radius 3 is 2.87 bits per heavy atom. The summed E-state index contributed by atoms with van der Waals surface area (Å²) in [6, 6.07) is 2.30. The lowest BCUT2D eigenvalue weighted by atomic mass is 10.1. The van der Waals surface area contributed by atoms with Crippen LogP contribution < -0.4 is 5.73 Å². The minimum Gasteiger partial charge on any atom is -0.463 e. The molecule has 0 aliphatic rings. The van der Waals surface area contributed by atoms with E-state index in [0.717, 1.165) is 6.07 Å². The van der Waals surface area contributed by atoms with Crippen LogP contribution in [-0.4, -0.2) is 6.54 Å². The summed E-state index contributed by atoms with van der Waals surface area (Å²) >= 11 is 0. The molecule has 0 spiro atoms. The molecule has 1 aromatic carbocycles. The van der Waals surface area contributed by atoms with Crippen LogP contribution in [0.15, 0.2) is 28.9 Å². The van der Waals surface area contributed by atoms with Gasteiger partial charge in [0.25, 0.3) is 0 Å². The lowest BCUT2D eigenvalue weighted by Gasteiger charge is -1.99. The smallest absolute Gasteiger partial charge is 0.146 e. The predicted molar refractivity (Wildman–Crippen MR) is 54.2 cm³/mol. The van der Waals surface area contributed by atoms with E-state index in [4.69, 9.17) is 10.2 Å². The van der Waals surface area contributed by atoms with Gasteiger partial charge in [0.05, 0.1) is 17.2 Å². The molecule has 1 heterocycles. The molecule has 15 heavy (non-hydrogen) atoms. The number of benzene rings is 1. The number of hydrogen-bond donors (Lipinski definition) is 1. The maximum atomic E-state index is 13.4. The minimum absolute atomic E-state index is 0.206. The van der Waals surface area contributed by atoms with Crippen LogP contribution >= 0.6 is 0 Å². The van der Waals surface area contributed by atoms with E-state index in [2.05, 4.69) is 0 Å². The van der Waals surface area contributed by atoms with Crippen LogP contribution in [0.3, 0.4) is 0 Å². The fraction of sp³-hybridized carbons (Fsp3) is 0.0909. The van der Waals surface area contributed by atoms with E-state index in [1.165, 1.54) is 18.4 Å². The van der Waals surface area contributed by atoms with Crippen LogP contribution in [0.5, 0.6) is 0 Å². The van der Waals surface area contributed by atoms with Gasteiger partial charge in [-0.25, -0.2) is 8.78 Å². The van der Waals surface area contributed by atoms with Crippen molar-refractivity contribution in [2.45, 2.75) is 0 Å². The third-order valence-corrected chi connectivity index (χ3v) is 2.10. The number of rotatable bonds is 2. The van der Waals surface area contributed by atoms with E-state index in [1.807, 2.05) is 0 Å². The predicted octanol–water partition coefficient (Wildman–Crippen LogP) is 2.68. The highest BCUT2D eigenvalue weighted by molar-refractivity contribution is 5.86. The van der Waals surface area contributed by atoms with Crippen LogP contribution in [0.2, 0.25) is 0 Å². The molecule has 0 amide bonds. The molecule has 0 unspecified atom stereocenters. The van der Waals surface area contributed by atoms with Crippen molar-refractivity contribution in [2.75, 3.05) is 6.54 Å². The minimum atomic E-state index is -0.653. The second kappa shape index (κ2) is 3.82. The van der Waals surface area contributed by atoms with Crippen LogP contribution in [0.25, 0.3) is 17.0 Å². The Hall–Kier alpha value is -1.68. The number of halogens is 2. The molecule has 4 heteroatoms. The molecular formula is C11H9F2NO. The molecule has 2 N–H and O–H groups in total. The number of hydrogen-bond acceptors (Lipinski definition) is 2.